The summed E-state index contributed by atoms with van der Waals surface area (Å²) >= 11 is 3.64. The lowest BCUT2D eigenvalue weighted by molar-refractivity contribution is -0.0366. The summed E-state index contributed by atoms with van der Waals surface area (Å²) in [5.41, 5.74) is 0.491. The second-order valence-electron chi connectivity index (χ2n) is 10.6. The molecule has 34 heavy (non-hydrogen) atoms. The van der Waals surface area contributed by atoms with Gasteiger partial charge in [0.2, 0.25) is 0 Å². The van der Waals surface area contributed by atoms with Gasteiger partial charge in [0.15, 0.2) is 6.23 Å². The van der Waals surface area contributed by atoms with Crippen LogP contribution in [0.25, 0.3) is 10.9 Å². The summed E-state index contributed by atoms with van der Waals surface area (Å²) in [5, 5.41) is 5.61. The molecule has 1 aromatic heterocycles. The fraction of sp³-hybridized carbons (Fsp3) is 0.680. The number of amides is 1. The van der Waals surface area contributed by atoms with Crippen LogP contribution in [0.5, 0.6) is 5.75 Å². The minimum atomic E-state index is -0.517. The molecular weight excluding hydrogens is 500 g/mol. The summed E-state index contributed by atoms with van der Waals surface area (Å²) in [6.45, 7) is 7.90. The molecule has 1 aliphatic carbocycles. The topological polar surface area (TPSA) is 69.1 Å². The van der Waals surface area contributed by atoms with E-state index in [0.29, 0.717) is 6.54 Å². The lowest BCUT2D eigenvalue weighted by Gasteiger charge is -2.43. The Morgan fingerprint density at radius 2 is 2.00 bits per heavy atom. The molecule has 1 aromatic carbocycles. The summed E-state index contributed by atoms with van der Waals surface area (Å²) in [6.07, 6.45) is 6.41. The lowest BCUT2D eigenvalue weighted by atomic mass is 9.87. The quantitative estimate of drug-likeness (QED) is 0.484. The van der Waals surface area contributed by atoms with E-state index in [1.807, 2.05) is 56.7 Å². The molecule has 1 amide bonds. The third kappa shape index (κ3) is 6.04. The SMILES string of the molecule is CN(C)CCN(C(=O)OC(C)(C)C)[C@H]1C[C@@H](Oc2cc(Br)cc3c2cnn3C2CCCCO2)C1. The van der Waals surface area contributed by atoms with Gasteiger partial charge in [-0.15, -0.1) is 0 Å². The predicted octanol–water partition coefficient (Wildman–Crippen LogP) is 5.21. The zero-order valence-corrected chi connectivity index (χ0v) is 22.5. The van der Waals surface area contributed by atoms with E-state index in [4.69, 9.17) is 14.2 Å². The Morgan fingerprint density at radius 1 is 1.24 bits per heavy atom. The van der Waals surface area contributed by atoms with Crippen molar-refractivity contribution in [2.24, 2.45) is 0 Å². The third-order valence-corrected chi connectivity index (χ3v) is 6.75. The molecule has 0 radical (unpaired) electrons. The molecule has 1 atom stereocenters. The average Bonchev–Trinajstić information content (AvgIpc) is 3.14. The van der Waals surface area contributed by atoms with Gasteiger partial charge < -0.3 is 24.0 Å². The number of carbonyl (C=O) groups excluding carboxylic acids is 1. The Balaban J connectivity index is 1.44. The number of fused-ring (bicyclic) bond motifs is 1. The highest BCUT2D eigenvalue weighted by atomic mass is 79.9. The molecule has 2 aliphatic rings. The van der Waals surface area contributed by atoms with E-state index in [1.165, 1.54) is 0 Å². The second kappa shape index (κ2) is 10.4. The first kappa shape index (κ1) is 25.3. The number of aromatic nitrogens is 2. The average molecular weight is 537 g/mol. The molecule has 0 spiro atoms. The number of benzene rings is 1. The van der Waals surface area contributed by atoms with Gasteiger partial charge in [-0.05, 0) is 66.3 Å². The van der Waals surface area contributed by atoms with Crippen LogP contribution in [0.3, 0.4) is 0 Å². The van der Waals surface area contributed by atoms with Crippen LogP contribution in [0, 0.1) is 0 Å². The molecule has 2 heterocycles. The van der Waals surface area contributed by atoms with Gasteiger partial charge in [0.25, 0.3) is 0 Å². The summed E-state index contributed by atoms with van der Waals surface area (Å²) in [5.74, 6) is 0.812. The number of rotatable bonds is 7. The van der Waals surface area contributed by atoms with Crippen molar-refractivity contribution in [2.75, 3.05) is 33.8 Å². The molecule has 4 rings (SSSR count). The van der Waals surface area contributed by atoms with E-state index in [-0.39, 0.29) is 24.5 Å². The van der Waals surface area contributed by atoms with Crippen LogP contribution in [0.2, 0.25) is 0 Å². The fourth-order valence-electron chi connectivity index (χ4n) is 4.44. The number of halogens is 1. The molecular formula is C25H37BrN4O4. The van der Waals surface area contributed by atoms with Gasteiger partial charge in [0.1, 0.15) is 17.5 Å². The monoisotopic (exact) mass is 536 g/mol. The van der Waals surface area contributed by atoms with E-state index in [9.17, 15) is 4.79 Å². The maximum atomic E-state index is 12.9. The highest BCUT2D eigenvalue weighted by Crippen LogP contribution is 2.37. The lowest BCUT2D eigenvalue weighted by Crippen LogP contribution is -2.54. The zero-order valence-electron chi connectivity index (χ0n) is 20.9. The Bertz CT molecular complexity index is 991. The van der Waals surface area contributed by atoms with Gasteiger partial charge in [-0.3, -0.25) is 0 Å². The van der Waals surface area contributed by atoms with Crippen molar-refractivity contribution in [3.63, 3.8) is 0 Å². The molecule has 0 N–H and O–H groups in total. The molecule has 1 saturated heterocycles. The molecule has 1 unspecified atom stereocenters. The summed E-state index contributed by atoms with van der Waals surface area (Å²) in [7, 11) is 4.02. The van der Waals surface area contributed by atoms with Gasteiger partial charge in [0.05, 0.1) is 17.1 Å². The Labute approximate surface area is 210 Å². The van der Waals surface area contributed by atoms with Crippen molar-refractivity contribution >= 4 is 32.9 Å². The standard InChI is InChI=1S/C25H37BrN4O4/c1-25(2,3)34-24(31)29(10-9-28(4)5)18-14-19(15-18)33-22-13-17(26)12-21-20(22)16-27-30(21)23-8-6-7-11-32-23/h12-13,16,18-19,23H,6-11,14-15H2,1-5H3/t18-,19+,23?. The first-order chi connectivity index (χ1) is 16.1. The van der Waals surface area contributed by atoms with Gasteiger partial charge >= 0.3 is 6.09 Å². The number of hydrogen-bond donors (Lipinski definition) is 0. The predicted molar refractivity (Wildman–Crippen MR) is 135 cm³/mol. The molecule has 1 aliphatic heterocycles. The normalized spacial score (nSPS) is 23.1. The van der Waals surface area contributed by atoms with Crippen molar-refractivity contribution < 1.29 is 19.0 Å². The zero-order chi connectivity index (χ0) is 24.5. The van der Waals surface area contributed by atoms with Gasteiger partial charge in [0, 0.05) is 43.1 Å². The summed E-state index contributed by atoms with van der Waals surface area (Å²) < 4.78 is 21.0. The van der Waals surface area contributed by atoms with Crippen molar-refractivity contribution in [3.05, 3.63) is 22.8 Å². The molecule has 1 saturated carbocycles. The van der Waals surface area contributed by atoms with Crippen LogP contribution in [0.15, 0.2) is 22.8 Å². The highest BCUT2D eigenvalue weighted by Gasteiger charge is 2.39. The van der Waals surface area contributed by atoms with Crippen molar-refractivity contribution in [2.45, 2.75) is 76.9 Å². The molecule has 2 aromatic rings. The first-order valence-corrected chi connectivity index (χ1v) is 13.0. The summed E-state index contributed by atoms with van der Waals surface area (Å²) in [4.78, 5) is 16.8. The van der Waals surface area contributed by atoms with Crippen LogP contribution in [0.1, 0.15) is 59.1 Å². The minimum Gasteiger partial charge on any atom is -0.489 e. The maximum absolute atomic E-state index is 12.9. The molecule has 0 bridgehead atoms. The van der Waals surface area contributed by atoms with Crippen molar-refractivity contribution in [3.8, 4) is 5.75 Å². The number of ether oxygens (including phenoxy) is 3. The third-order valence-electron chi connectivity index (χ3n) is 6.29. The van der Waals surface area contributed by atoms with Crippen LogP contribution < -0.4 is 4.74 Å². The van der Waals surface area contributed by atoms with E-state index in [1.54, 1.807) is 0 Å². The minimum absolute atomic E-state index is 0.0273. The Kier molecular flexibility index (Phi) is 7.74. The van der Waals surface area contributed by atoms with Gasteiger partial charge in [-0.1, -0.05) is 15.9 Å². The largest absolute Gasteiger partial charge is 0.489 e. The summed E-state index contributed by atoms with van der Waals surface area (Å²) in [6, 6.07) is 4.18. The Hall–Kier alpha value is -1.84. The van der Waals surface area contributed by atoms with E-state index >= 15 is 0 Å². The van der Waals surface area contributed by atoms with Crippen LogP contribution in [-0.4, -0.2) is 77.2 Å². The molecule has 2 fully saturated rings. The molecule has 8 nitrogen and oxygen atoms in total. The first-order valence-electron chi connectivity index (χ1n) is 12.2. The highest BCUT2D eigenvalue weighted by molar-refractivity contribution is 9.10. The van der Waals surface area contributed by atoms with E-state index in [2.05, 4.69) is 32.0 Å². The van der Waals surface area contributed by atoms with Crippen LogP contribution >= 0.6 is 15.9 Å². The van der Waals surface area contributed by atoms with E-state index < -0.39 is 5.60 Å². The van der Waals surface area contributed by atoms with Crippen molar-refractivity contribution in [1.82, 2.24) is 19.6 Å². The second-order valence-corrected chi connectivity index (χ2v) is 11.5. The number of likely N-dealkylation sites (N-methyl/N-ethyl adjacent to an activating group) is 1. The Morgan fingerprint density at radius 3 is 2.65 bits per heavy atom. The smallest absolute Gasteiger partial charge is 0.410 e. The van der Waals surface area contributed by atoms with Gasteiger partial charge in [-0.2, -0.15) is 5.10 Å². The molecule has 188 valence electrons. The maximum Gasteiger partial charge on any atom is 0.410 e. The van der Waals surface area contributed by atoms with E-state index in [0.717, 1.165) is 66.4 Å². The number of hydrogen-bond acceptors (Lipinski definition) is 6. The van der Waals surface area contributed by atoms with Crippen molar-refractivity contribution in [1.29, 1.82) is 0 Å². The van der Waals surface area contributed by atoms with Crippen LogP contribution in [0.4, 0.5) is 4.79 Å². The van der Waals surface area contributed by atoms with Gasteiger partial charge in [-0.25, -0.2) is 9.48 Å². The van der Waals surface area contributed by atoms with Crippen LogP contribution in [-0.2, 0) is 9.47 Å². The number of nitrogens with zero attached hydrogens (tertiary/aromatic N) is 4. The molecule has 9 heteroatoms. The number of carbonyl (C=O) groups is 1. The fourth-order valence-corrected chi connectivity index (χ4v) is 4.87.